The molecule has 2 aromatic rings. The molecule has 1 amide bonds. The van der Waals surface area contributed by atoms with Crippen molar-refractivity contribution >= 4 is 16.9 Å². The van der Waals surface area contributed by atoms with Crippen LogP contribution in [0, 0.1) is 5.92 Å². The molecule has 4 rings (SSSR count). The Hall–Kier alpha value is -1.92. The van der Waals surface area contributed by atoms with Gasteiger partial charge in [-0.15, -0.1) is 0 Å². The van der Waals surface area contributed by atoms with Gasteiger partial charge in [-0.25, -0.2) is 0 Å². The van der Waals surface area contributed by atoms with Crippen LogP contribution in [0.4, 0.5) is 0 Å². The minimum Gasteiger partial charge on any atom is -0.376 e. The van der Waals surface area contributed by atoms with E-state index in [0.717, 1.165) is 18.4 Å². The molecule has 6 heteroatoms. The quantitative estimate of drug-likeness (QED) is 0.862. The molecule has 1 aliphatic heterocycles. The minimum absolute atomic E-state index is 0.00416. The average Bonchev–Trinajstić information content (AvgIpc) is 3.10. The molecule has 1 saturated heterocycles. The molecule has 0 radical (unpaired) electrons. The van der Waals surface area contributed by atoms with E-state index in [1.807, 2.05) is 24.3 Å². The van der Waals surface area contributed by atoms with Crippen LogP contribution in [-0.2, 0) is 16.0 Å². The number of carbonyl (C=O) groups excluding carboxylic acids is 1. The average molecular weight is 287 g/mol. The number of carbonyl (C=O) groups is 1. The summed E-state index contributed by atoms with van der Waals surface area (Å²) in [6.45, 7) is 0.739. The Kier molecular flexibility index (Phi) is 2.94. The zero-order valence-electron chi connectivity index (χ0n) is 11.5. The van der Waals surface area contributed by atoms with Crippen molar-refractivity contribution in [3.05, 3.63) is 30.0 Å². The van der Waals surface area contributed by atoms with Crippen molar-refractivity contribution in [2.75, 3.05) is 6.61 Å². The molecule has 1 aromatic carbocycles. The van der Waals surface area contributed by atoms with Gasteiger partial charge in [-0.2, -0.15) is 0 Å². The van der Waals surface area contributed by atoms with E-state index in [4.69, 9.17) is 15.0 Å². The Balaban J connectivity index is 1.44. The van der Waals surface area contributed by atoms with Crippen molar-refractivity contribution in [3.8, 4) is 0 Å². The molecule has 2 fully saturated rings. The Morgan fingerprint density at radius 1 is 1.43 bits per heavy atom. The smallest absolute Gasteiger partial charge is 0.226 e. The van der Waals surface area contributed by atoms with Crippen LogP contribution in [-0.4, -0.2) is 35.9 Å². The minimum atomic E-state index is -0.0940. The molecule has 2 heterocycles. The number of nitrogens with two attached hydrogens (primary N) is 1. The van der Waals surface area contributed by atoms with Gasteiger partial charge in [-0.05, 0) is 18.6 Å². The largest absolute Gasteiger partial charge is 0.376 e. The molecule has 6 nitrogen and oxygen atoms in total. The summed E-state index contributed by atoms with van der Waals surface area (Å²) in [5.74, 6) is 0.298. The number of benzene rings is 1. The van der Waals surface area contributed by atoms with E-state index in [0.29, 0.717) is 17.2 Å². The molecule has 4 unspecified atom stereocenters. The second-order valence-electron chi connectivity index (χ2n) is 5.76. The number of hydrogen-bond acceptors (Lipinski definition) is 5. The summed E-state index contributed by atoms with van der Waals surface area (Å²) in [6, 6.07) is 7.43. The standard InChI is InChI=1S/C15H17N3O3/c16-13-9-5-6-20-15(9)14(13)17-12(19)7-10-8-3-1-2-4-11(8)21-18-10/h1-4,9,13-15H,5-7,16H2,(H,17,19). The zero-order chi connectivity index (χ0) is 14.4. The summed E-state index contributed by atoms with van der Waals surface area (Å²) in [7, 11) is 0. The molecule has 3 N–H and O–H groups in total. The Morgan fingerprint density at radius 3 is 3.19 bits per heavy atom. The highest BCUT2D eigenvalue weighted by molar-refractivity contribution is 5.86. The van der Waals surface area contributed by atoms with Crippen molar-refractivity contribution < 1.29 is 14.1 Å². The summed E-state index contributed by atoms with van der Waals surface area (Å²) in [5.41, 5.74) is 7.44. The summed E-state index contributed by atoms with van der Waals surface area (Å²) < 4.78 is 10.8. The van der Waals surface area contributed by atoms with Crippen molar-refractivity contribution in [2.45, 2.75) is 31.0 Å². The number of ether oxygens (including phenoxy) is 1. The van der Waals surface area contributed by atoms with Crippen LogP contribution < -0.4 is 11.1 Å². The molecule has 110 valence electrons. The third-order valence-corrected chi connectivity index (χ3v) is 4.55. The lowest BCUT2D eigenvalue weighted by Gasteiger charge is -2.45. The van der Waals surface area contributed by atoms with Gasteiger partial charge in [-0.3, -0.25) is 4.79 Å². The number of hydrogen-bond donors (Lipinski definition) is 2. The van der Waals surface area contributed by atoms with Gasteiger partial charge in [0.05, 0.1) is 18.6 Å². The molecule has 1 aliphatic carbocycles. The number of nitrogens with one attached hydrogen (secondary N) is 1. The fourth-order valence-corrected chi connectivity index (χ4v) is 3.38. The van der Waals surface area contributed by atoms with E-state index in [-0.39, 0.29) is 30.5 Å². The van der Waals surface area contributed by atoms with Gasteiger partial charge in [0, 0.05) is 24.0 Å². The first-order valence-corrected chi connectivity index (χ1v) is 7.24. The highest BCUT2D eigenvalue weighted by atomic mass is 16.5. The van der Waals surface area contributed by atoms with Crippen LogP contribution in [0.15, 0.2) is 28.8 Å². The van der Waals surface area contributed by atoms with E-state index in [9.17, 15) is 4.79 Å². The highest BCUT2D eigenvalue weighted by Crippen LogP contribution is 2.37. The van der Waals surface area contributed by atoms with E-state index < -0.39 is 0 Å². The first-order chi connectivity index (χ1) is 10.2. The molecule has 0 spiro atoms. The Labute approximate surface area is 121 Å². The van der Waals surface area contributed by atoms with Crippen LogP contribution >= 0.6 is 0 Å². The maximum Gasteiger partial charge on any atom is 0.226 e. The van der Waals surface area contributed by atoms with Gasteiger partial charge in [0.1, 0.15) is 5.69 Å². The van der Waals surface area contributed by atoms with Crippen LogP contribution in [0.2, 0.25) is 0 Å². The first-order valence-electron chi connectivity index (χ1n) is 7.24. The van der Waals surface area contributed by atoms with Crippen LogP contribution in [0.5, 0.6) is 0 Å². The van der Waals surface area contributed by atoms with Gasteiger partial charge in [-0.1, -0.05) is 17.3 Å². The summed E-state index contributed by atoms with van der Waals surface area (Å²) in [5, 5.41) is 7.82. The van der Waals surface area contributed by atoms with Gasteiger partial charge < -0.3 is 20.3 Å². The lowest BCUT2D eigenvalue weighted by atomic mass is 9.72. The Morgan fingerprint density at radius 2 is 2.29 bits per heavy atom. The van der Waals surface area contributed by atoms with E-state index in [2.05, 4.69) is 10.5 Å². The number of para-hydroxylation sites is 1. The van der Waals surface area contributed by atoms with E-state index >= 15 is 0 Å². The lowest BCUT2D eigenvalue weighted by molar-refractivity contribution is -0.125. The second kappa shape index (κ2) is 4.82. The summed E-state index contributed by atoms with van der Waals surface area (Å²) in [6.07, 6.45) is 1.27. The molecule has 21 heavy (non-hydrogen) atoms. The molecular formula is C15H17N3O3. The van der Waals surface area contributed by atoms with Gasteiger partial charge in [0.25, 0.3) is 0 Å². The fourth-order valence-electron chi connectivity index (χ4n) is 3.38. The number of rotatable bonds is 3. The summed E-state index contributed by atoms with van der Waals surface area (Å²) in [4.78, 5) is 12.2. The lowest BCUT2D eigenvalue weighted by Crippen LogP contribution is -2.69. The SMILES string of the molecule is NC1C2CCOC2C1NC(=O)Cc1noc2ccccc12. The molecule has 0 bridgehead atoms. The summed E-state index contributed by atoms with van der Waals surface area (Å²) >= 11 is 0. The normalized spacial score (nSPS) is 30.9. The van der Waals surface area contributed by atoms with Crippen molar-refractivity contribution in [1.29, 1.82) is 0 Å². The predicted molar refractivity (Wildman–Crippen MR) is 75.5 cm³/mol. The van der Waals surface area contributed by atoms with Gasteiger partial charge >= 0.3 is 0 Å². The zero-order valence-corrected chi connectivity index (χ0v) is 11.5. The molecule has 1 aromatic heterocycles. The van der Waals surface area contributed by atoms with Crippen molar-refractivity contribution in [3.63, 3.8) is 0 Å². The molecule has 2 aliphatic rings. The highest BCUT2D eigenvalue weighted by Gasteiger charge is 2.52. The molecule has 4 atom stereocenters. The monoisotopic (exact) mass is 287 g/mol. The van der Waals surface area contributed by atoms with Crippen LogP contribution in [0.1, 0.15) is 12.1 Å². The topological polar surface area (TPSA) is 90.4 Å². The number of nitrogens with zero attached hydrogens (tertiary/aromatic N) is 1. The third-order valence-electron chi connectivity index (χ3n) is 4.55. The fraction of sp³-hybridized carbons (Fsp3) is 0.467. The number of amides is 1. The van der Waals surface area contributed by atoms with Gasteiger partial charge in [0.2, 0.25) is 5.91 Å². The third kappa shape index (κ3) is 2.02. The van der Waals surface area contributed by atoms with E-state index in [1.54, 1.807) is 0 Å². The maximum atomic E-state index is 12.2. The second-order valence-corrected chi connectivity index (χ2v) is 5.76. The van der Waals surface area contributed by atoms with Gasteiger partial charge in [0.15, 0.2) is 5.58 Å². The molecule has 1 saturated carbocycles. The van der Waals surface area contributed by atoms with Crippen LogP contribution in [0.3, 0.4) is 0 Å². The predicted octanol–water partition coefficient (Wildman–Crippen LogP) is 0.601. The van der Waals surface area contributed by atoms with E-state index in [1.165, 1.54) is 0 Å². The molecular weight excluding hydrogens is 270 g/mol. The van der Waals surface area contributed by atoms with Crippen LogP contribution in [0.25, 0.3) is 11.0 Å². The Bertz CT molecular complexity index is 684. The van der Waals surface area contributed by atoms with Crippen molar-refractivity contribution in [2.24, 2.45) is 11.7 Å². The number of aromatic nitrogens is 1. The maximum absolute atomic E-state index is 12.2. The van der Waals surface area contributed by atoms with Crippen molar-refractivity contribution in [1.82, 2.24) is 10.5 Å². The number of fused-ring (bicyclic) bond motifs is 2. The first kappa shape index (κ1) is 12.8.